The Labute approximate surface area is 229 Å². The van der Waals surface area contributed by atoms with E-state index >= 15 is 0 Å². The van der Waals surface area contributed by atoms with Gasteiger partial charge in [-0.1, -0.05) is 35.5 Å². The van der Waals surface area contributed by atoms with Crippen LogP contribution in [-0.2, 0) is 5.54 Å². The van der Waals surface area contributed by atoms with Gasteiger partial charge in [0.25, 0.3) is 11.8 Å². The number of rotatable bonds is 8. The number of nitrogens with zero attached hydrogens (tertiary/aromatic N) is 6. The summed E-state index contributed by atoms with van der Waals surface area (Å²) in [7, 11) is 0. The Morgan fingerprint density at radius 3 is 2.62 bits per heavy atom. The fourth-order valence-corrected chi connectivity index (χ4v) is 4.48. The van der Waals surface area contributed by atoms with Crippen LogP contribution in [0.25, 0.3) is 22.8 Å². The van der Waals surface area contributed by atoms with E-state index in [4.69, 9.17) is 4.52 Å². The fraction of sp³-hybridized carbons (Fsp3) is 0.179. The minimum Gasteiger partial charge on any atom is -0.394 e. The molecule has 4 aromatic heterocycles. The van der Waals surface area contributed by atoms with Gasteiger partial charge in [-0.15, -0.1) is 0 Å². The molecule has 1 amide bonds. The highest BCUT2D eigenvalue weighted by Crippen LogP contribution is 2.34. The van der Waals surface area contributed by atoms with Crippen molar-refractivity contribution in [3.05, 3.63) is 90.1 Å². The Balaban J connectivity index is 1.36. The van der Waals surface area contributed by atoms with Crippen LogP contribution in [0.5, 0.6) is 0 Å². The number of carbonyl (C=O) groups excluding carboxylic acids is 1. The molecule has 12 nitrogen and oxygen atoms in total. The van der Waals surface area contributed by atoms with E-state index in [2.05, 4.69) is 46.0 Å². The minimum absolute atomic E-state index is 0.163. The molecule has 1 aliphatic rings. The largest absolute Gasteiger partial charge is 0.394 e. The first-order chi connectivity index (χ1) is 19.4. The molecule has 5 aromatic rings. The molecule has 1 aliphatic heterocycles. The molecule has 6 rings (SSSR count). The molecule has 40 heavy (non-hydrogen) atoms. The number of hydrogen-bond acceptors (Lipinski definition) is 11. The van der Waals surface area contributed by atoms with Gasteiger partial charge in [0, 0.05) is 36.4 Å². The van der Waals surface area contributed by atoms with Gasteiger partial charge >= 0.3 is 0 Å². The predicted molar refractivity (Wildman–Crippen MR) is 146 cm³/mol. The van der Waals surface area contributed by atoms with Crippen molar-refractivity contribution in [1.29, 1.82) is 0 Å². The van der Waals surface area contributed by atoms with Crippen molar-refractivity contribution in [2.24, 2.45) is 0 Å². The van der Waals surface area contributed by atoms with Crippen molar-refractivity contribution in [3.8, 4) is 22.8 Å². The molecular weight excluding hydrogens is 510 g/mol. The van der Waals surface area contributed by atoms with Crippen LogP contribution in [0, 0.1) is 0 Å². The van der Waals surface area contributed by atoms with Crippen LogP contribution < -0.4 is 16.0 Å². The molecular formula is C28H25N9O3. The highest BCUT2D eigenvalue weighted by atomic mass is 16.5. The molecule has 200 valence electrons. The minimum atomic E-state index is -0.621. The number of hydrogen-bond donors (Lipinski definition) is 4. The molecule has 1 aromatic carbocycles. The lowest BCUT2D eigenvalue weighted by Crippen LogP contribution is -2.33. The van der Waals surface area contributed by atoms with Gasteiger partial charge in [-0.2, -0.15) is 4.98 Å². The lowest BCUT2D eigenvalue weighted by molar-refractivity contribution is 0.0940. The molecule has 1 atom stereocenters. The van der Waals surface area contributed by atoms with Gasteiger partial charge in [-0.05, 0) is 31.5 Å². The summed E-state index contributed by atoms with van der Waals surface area (Å²) < 4.78 is 5.59. The summed E-state index contributed by atoms with van der Waals surface area (Å²) in [5.74, 6) is 1.13. The number of aliphatic hydroxyl groups excluding tert-OH is 1. The molecule has 0 unspecified atom stereocenters. The summed E-state index contributed by atoms with van der Waals surface area (Å²) in [6.07, 6.45) is 6.41. The van der Waals surface area contributed by atoms with Crippen LogP contribution in [0.2, 0.25) is 0 Å². The van der Waals surface area contributed by atoms with E-state index in [9.17, 15) is 9.90 Å². The molecule has 0 spiro atoms. The van der Waals surface area contributed by atoms with Crippen LogP contribution in [0.15, 0.2) is 77.8 Å². The van der Waals surface area contributed by atoms with Crippen LogP contribution in [0.3, 0.4) is 0 Å². The fourth-order valence-electron chi connectivity index (χ4n) is 4.48. The van der Waals surface area contributed by atoms with Crippen molar-refractivity contribution >= 4 is 23.4 Å². The zero-order valence-electron chi connectivity index (χ0n) is 21.7. The van der Waals surface area contributed by atoms with Gasteiger partial charge < -0.3 is 25.6 Å². The first-order valence-electron chi connectivity index (χ1n) is 12.6. The predicted octanol–water partition coefficient (Wildman–Crippen LogP) is 3.85. The molecule has 0 aliphatic carbocycles. The molecule has 0 saturated heterocycles. The number of anilines is 3. The third-order valence-electron chi connectivity index (χ3n) is 6.49. The van der Waals surface area contributed by atoms with E-state index in [1.54, 1.807) is 30.7 Å². The van der Waals surface area contributed by atoms with Crippen LogP contribution in [-0.4, -0.2) is 47.7 Å². The van der Waals surface area contributed by atoms with E-state index in [1.165, 1.54) is 6.20 Å². The number of fused-ring (bicyclic) bond motifs is 1. The second-order valence-corrected chi connectivity index (χ2v) is 9.73. The van der Waals surface area contributed by atoms with Crippen LogP contribution in [0.4, 0.5) is 17.5 Å². The van der Waals surface area contributed by atoms with Crippen molar-refractivity contribution < 1.29 is 14.4 Å². The molecule has 5 heterocycles. The zero-order chi connectivity index (χ0) is 27.7. The normalized spacial score (nSPS) is 14.3. The number of benzene rings is 1. The van der Waals surface area contributed by atoms with Crippen molar-refractivity contribution in [3.63, 3.8) is 0 Å². The summed E-state index contributed by atoms with van der Waals surface area (Å²) in [6.45, 7) is 3.60. The van der Waals surface area contributed by atoms with E-state index in [0.29, 0.717) is 39.7 Å². The first-order valence-corrected chi connectivity index (χ1v) is 12.6. The summed E-state index contributed by atoms with van der Waals surface area (Å²) in [6, 6.07) is 14.5. The van der Waals surface area contributed by atoms with Gasteiger partial charge in [-0.3, -0.25) is 9.78 Å². The second kappa shape index (κ2) is 10.2. The topological polar surface area (TPSA) is 164 Å². The average molecular weight is 536 g/mol. The maximum atomic E-state index is 12.2. The van der Waals surface area contributed by atoms with Gasteiger partial charge in [-0.25, -0.2) is 15.0 Å². The number of carbonyl (C=O) groups is 1. The first kappa shape index (κ1) is 25.1. The van der Waals surface area contributed by atoms with Crippen LogP contribution >= 0.6 is 0 Å². The van der Waals surface area contributed by atoms with E-state index in [0.717, 1.165) is 5.56 Å². The van der Waals surface area contributed by atoms with E-state index < -0.39 is 11.6 Å². The van der Waals surface area contributed by atoms with Gasteiger partial charge in [0.2, 0.25) is 11.8 Å². The van der Waals surface area contributed by atoms with Crippen LogP contribution in [0.1, 0.15) is 41.5 Å². The third kappa shape index (κ3) is 4.83. The third-order valence-corrected chi connectivity index (χ3v) is 6.49. The van der Waals surface area contributed by atoms with E-state index in [1.807, 2.05) is 50.2 Å². The number of nitrogens with one attached hydrogen (secondary N) is 3. The lowest BCUT2D eigenvalue weighted by atomic mass is 10.0. The standard InChI is InChI=1S/C28H25N9O3/c1-28(2)23-19(25(39)36-28)14-31-27(34-23)33-22-11-20(32-21(15-38)16-7-4-3-5-8-16)18(13-30-22)26-35-24(37-40-26)17-9-6-10-29-12-17/h3-14,21,38H,15H2,1-2H3,(H,36,39)(H2,30,31,32,33,34)/t21-/m1/s1. The number of aliphatic hydroxyl groups is 1. The van der Waals surface area contributed by atoms with E-state index in [-0.39, 0.29) is 24.4 Å². The summed E-state index contributed by atoms with van der Waals surface area (Å²) in [4.78, 5) is 34.3. The Bertz CT molecular complexity index is 1670. The average Bonchev–Trinajstić information content (AvgIpc) is 3.55. The lowest BCUT2D eigenvalue weighted by Gasteiger charge is -2.20. The number of aromatic nitrogens is 6. The molecule has 12 heteroatoms. The summed E-state index contributed by atoms with van der Waals surface area (Å²) in [5.41, 5.74) is 3.14. The zero-order valence-corrected chi connectivity index (χ0v) is 21.7. The summed E-state index contributed by atoms with van der Waals surface area (Å²) >= 11 is 0. The Morgan fingerprint density at radius 1 is 1.02 bits per heavy atom. The Hall–Kier alpha value is -5.23. The number of amides is 1. The van der Waals surface area contributed by atoms with Crippen molar-refractivity contribution in [2.45, 2.75) is 25.4 Å². The molecule has 0 radical (unpaired) electrons. The van der Waals surface area contributed by atoms with Gasteiger partial charge in [0.05, 0.1) is 40.7 Å². The highest BCUT2D eigenvalue weighted by molar-refractivity contribution is 5.99. The molecule has 0 fully saturated rings. The van der Waals surface area contributed by atoms with Crippen molar-refractivity contribution in [2.75, 3.05) is 17.2 Å². The smallest absolute Gasteiger partial charge is 0.261 e. The molecule has 0 saturated carbocycles. The maximum absolute atomic E-state index is 12.2. The van der Waals surface area contributed by atoms with Gasteiger partial charge in [0.15, 0.2) is 0 Å². The number of pyridine rings is 2. The quantitative estimate of drug-likeness (QED) is 0.228. The SMILES string of the molecule is CC1(C)NC(=O)c2cnc(Nc3cc(N[C@H](CO)c4ccccc4)c(-c4nc(-c5cccnc5)no4)cn3)nc21. The monoisotopic (exact) mass is 535 g/mol. The maximum Gasteiger partial charge on any atom is 0.261 e. The van der Waals surface area contributed by atoms with Gasteiger partial charge in [0.1, 0.15) is 5.82 Å². The molecule has 0 bridgehead atoms. The highest BCUT2D eigenvalue weighted by Gasteiger charge is 2.37. The summed E-state index contributed by atoms with van der Waals surface area (Å²) in [5, 5.41) is 23.7. The Morgan fingerprint density at radius 2 is 1.85 bits per heavy atom. The van der Waals surface area contributed by atoms with Crippen molar-refractivity contribution in [1.82, 2.24) is 35.4 Å². The Kier molecular flexibility index (Phi) is 6.36. The molecule has 4 N–H and O–H groups in total. The second-order valence-electron chi connectivity index (χ2n) is 9.73.